The molecule has 0 bridgehead atoms. The van der Waals surface area contributed by atoms with Crippen LogP contribution in [-0.4, -0.2) is 39.3 Å². The summed E-state index contributed by atoms with van der Waals surface area (Å²) < 4.78 is 27.9. The zero-order valence-corrected chi connectivity index (χ0v) is 42.1. The van der Waals surface area contributed by atoms with Crippen molar-refractivity contribution in [2.75, 3.05) is 33.0 Å². The molecule has 0 unspecified atom stereocenters. The van der Waals surface area contributed by atoms with Crippen LogP contribution in [0.3, 0.4) is 0 Å². The Hall–Kier alpha value is -2.76. The summed E-state index contributed by atoms with van der Waals surface area (Å²) in [6, 6.07) is 0. The maximum absolute atomic E-state index is 5.67. The Bertz CT molecular complexity index is 967. The smallest absolute Gasteiger partial charge is 0.274 e. The van der Waals surface area contributed by atoms with E-state index in [-0.39, 0.29) is 6.29 Å². The summed E-state index contributed by atoms with van der Waals surface area (Å²) in [4.78, 5) is 0. The highest BCUT2D eigenvalue weighted by molar-refractivity contribution is 5.14. The molecule has 0 aromatic carbocycles. The van der Waals surface area contributed by atoms with Crippen LogP contribution >= 0.6 is 0 Å². The Morgan fingerprint density at radius 1 is 0.393 bits per heavy atom. The first kappa shape index (κ1) is 64.9. The molecule has 358 valence electrons. The Morgan fingerprint density at radius 3 is 1.31 bits per heavy atom. The summed E-state index contributed by atoms with van der Waals surface area (Å²) in [5.41, 5.74) is 0. The van der Waals surface area contributed by atoms with E-state index in [2.05, 4.69) is 105 Å². The normalized spacial score (nSPS) is 11.3. The summed E-state index contributed by atoms with van der Waals surface area (Å²) in [5.74, 6) is 0.758. The van der Waals surface area contributed by atoms with E-state index < -0.39 is 0 Å². The Balaban J connectivity index is -0.000000359. The maximum atomic E-state index is 5.67. The lowest BCUT2D eigenvalue weighted by Gasteiger charge is -2.17. The van der Waals surface area contributed by atoms with E-state index in [9.17, 15) is 0 Å². The van der Waals surface area contributed by atoms with Gasteiger partial charge in [-0.05, 0) is 82.8 Å². The molecule has 0 saturated heterocycles. The zero-order valence-electron chi connectivity index (χ0n) is 42.1. The molecule has 0 spiro atoms. The summed E-state index contributed by atoms with van der Waals surface area (Å²) in [5, 5.41) is 0. The van der Waals surface area contributed by atoms with Gasteiger partial charge in [0.15, 0.2) is 6.29 Å². The van der Waals surface area contributed by atoms with Crippen LogP contribution in [0.5, 0.6) is 0 Å². The van der Waals surface area contributed by atoms with Crippen molar-refractivity contribution in [1.29, 1.82) is 0 Å². The second-order valence-corrected chi connectivity index (χ2v) is 15.2. The van der Waals surface area contributed by atoms with Crippen molar-refractivity contribution < 1.29 is 23.7 Å². The van der Waals surface area contributed by atoms with E-state index in [0.717, 1.165) is 90.3 Å². The predicted octanol–water partition coefficient (Wildman–Crippen LogP) is 18.6. The van der Waals surface area contributed by atoms with Crippen LogP contribution in [0.15, 0.2) is 97.8 Å². The lowest BCUT2D eigenvalue weighted by molar-refractivity contribution is -0.147. The monoisotopic (exact) mass is 857 g/mol. The quantitative estimate of drug-likeness (QED) is 0.0266. The molecule has 0 radical (unpaired) electrons. The third-order valence-corrected chi connectivity index (χ3v) is 8.91. The zero-order chi connectivity index (χ0) is 45.8. The molecule has 0 N–H and O–H groups in total. The molecule has 5 nitrogen and oxygen atoms in total. The minimum atomic E-state index is 0.0399. The van der Waals surface area contributed by atoms with Crippen LogP contribution in [0, 0.1) is 0 Å². The molecule has 0 aliphatic carbocycles. The number of unbranched alkanes of at least 4 members (excludes halogenated alkanes) is 15. The second kappa shape index (κ2) is 66.3. The van der Waals surface area contributed by atoms with Crippen LogP contribution in [0.1, 0.15) is 223 Å². The predicted molar refractivity (Wildman–Crippen MR) is 273 cm³/mol. The third-order valence-electron chi connectivity index (χ3n) is 8.91. The van der Waals surface area contributed by atoms with E-state index >= 15 is 0 Å². The molecule has 0 aliphatic heterocycles. The summed E-state index contributed by atoms with van der Waals surface area (Å²) in [7, 11) is 0. The Labute approximate surface area is 382 Å². The molecule has 0 aliphatic rings. The van der Waals surface area contributed by atoms with Crippen LogP contribution < -0.4 is 0 Å². The Morgan fingerprint density at radius 2 is 0.820 bits per heavy atom. The van der Waals surface area contributed by atoms with Crippen LogP contribution in [0.2, 0.25) is 0 Å². The van der Waals surface area contributed by atoms with Gasteiger partial charge in [0.2, 0.25) is 0 Å². The molecular formula is C56H104O5. The lowest BCUT2D eigenvalue weighted by Crippen LogP contribution is -2.18. The minimum absolute atomic E-state index is 0.0399. The highest BCUT2D eigenvalue weighted by Gasteiger charge is 2.07. The first-order valence-electron chi connectivity index (χ1n) is 25.4. The molecule has 0 rings (SSSR count). The summed E-state index contributed by atoms with van der Waals surface area (Å²) >= 11 is 0. The molecule has 0 atom stereocenters. The van der Waals surface area contributed by atoms with Gasteiger partial charge in [0.05, 0.1) is 26.1 Å². The van der Waals surface area contributed by atoms with Crippen molar-refractivity contribution >= 4 is 0 Å². The second-order valence-electron chi connectivity index (χ2n) is 15.2. The van der Waals surface area contributed by atoms with Gasteiger partial charge in [0.25, 0.3) is 5.95 Å². The largest absolute Gasteiger partial charge is 0.501 e. The highest BCUT2D eigenvalue weighted by Crippen LogP contribution is 2.10. The number of rotatable bonds is 40. The van der Waals surface area contributed by atoms with Crippen LogP contribution in [0.4, 0.5) is 0 Å². The molecule has 5 heteroatoms. The number of ether oxygens (including phenoxy) is 5. The van der Waals surface area contributed by atoms with E-state index in [4.69, 9.17) is 23.7 Å². The average Bonchev–Trinajstić information content (AvgIpc) is 3.27. The van der Waals surface area contributed by atoms with Crippen molar-refractivity contribution in [2.24, 2.45) is 0 Å². The van der Waals surface area contributed by atoms with E-state index in [1.54, 1.807) is 12.3 Å². The first-order valence-corrected chi connectivity index (χ1v) is 25.4. The van der Waals surface area contributed by atoms with Gasteiger partial charge in [-0.1, -0.05) is 226 Å². The van der Waals surface area contributed by atoms with E-state index in [1.807, 2.05) is 36.5 Å². The molecule has 61 heavy (non-hydrogen) atoms. The average molecular weight is 857 g/mol. The fourth-order valence-electron chi connectivity index (χ4n) is 4.91. The molecule has 0 aromatic rings. The maximum Gasteiger partial charge on any atom is 0.274 e. The SMILES string of the molecule is C=CC=CC=CC=CCCCC.CCCCCCC=C(OCCCC)OCCCC.CCCCCCC=CC=CC=COCCCC.CCCCOC(CCC)OCCCC. The molecule has 0 saturated carbocycles. The fraction of sp³-hybridized carbons (Fsp3) is 0.714. The van der Waals surface area contributed by atoms with Crippen molar-refractivity contribution in [1.82, 2.24) is 0 Å². The van der Waals surface area contributed by atoms with Crippen molar-refractivity contribution in [3.8, 4) is 0 Å². The molecular weight excluding hydrogens is 753 g/mol. The van der Waals surface area contributed by atoms with Gasteiger partial charge in [-0.15, -0.1) is 0 Å². The van der Waals surface area contributed by atoms with Gasteiger partial charge < -0.3 is 23.7 Å². The van der Waals surface area contributed by atoms with Crippen LogP contribution in [0.25, 0.3) is 0 Å². The van der Waals surface area contributed by atoms with Gasteiger partial charge in [-0.25, -0.2) is 0 Å². The number of hydrogen-bond donors (Lipinski definition) is 0. The summed E-state index contributed by atoms with van der Waals surface area (Å²) in [6.45, 7) is 27.4. The molecule has 0 amide bonds. The third kappa shape index (κ3) is 69.2. The standard InChI is InChI=1S/C16H32O2.C16H28O.C12H26O2.C12H18/c1-4-7-10-11-12-13-16(17-14-8-5-2)18-15-9-6-3;1-3-5-7-8-9-10-11-12-13-14-16-17-15-6-4-2;1-4-7-10-13-12(9-6-3)14-11-8-5-2;1-3-5-7-9-11-12-10-8-6-4-2/h13H,4-12,14-15H2,1-3H3;10-14,16H,3-9,15H2,1-2H3;12H,4-11H2,1-3H3;3,5,7,9-12H,1,4,6,8H2,2H3. The first-order chi connectivity index (χ1) is 30.0. The topological polar surface area (TPSA) is 46.2 Å². The summed E-state index contributed by atoms with van der Waals surface area (Å²) in [6.07, 6.45) is 58.4. The van der Waals surface area contributed by atoms with Gasteiger partial charge in [-0.3, -0.25) is 0 Å². The lowest BCUT2D eigenvalue weighted by atomic mass is 10.1. The van der Waals surface area contributed by atoms with E-state index in [0.29, 0.717) is 0 Å². The molecule has 0 aromatic heterocycles. The van der Waals surface area contributed by atoms with Gasteiger partial charge >= 0.3 is 0 Å². The van der Waals surface area contributed by atoms with Crippen molar-refractivity contribution in [2.45, 2.75) is 229 Å². The molecule has 0 heterocycles. The Kier molecular flexibility index (Phi) is 70.5. The van der Waals surface area contributed by atoms with Crippen LogP contribution in [-0.2, 0) is 23.7 Å². The minimum Gasteiger partial charge on any atom is -0.501 e. The highest BCUT2D eigenvalue weighted by atomic mass is 16.7. The number of allylic oxidation sites excluding steroid dienone is 13. The number of hydrogen-bond acceptors (Lipinski definition) is 5. The van der Waals surface area contributed by atoms with Gasteiger partial charge in [0, 0.05) is 13.2 Å². The van der Waals surface area contributed by atoms with Crippen molar-refractivity contribution in [3.63, 3.8) is 0 Å². The molecule has 0 fully saturated rings. The van der Waals surface area contributed by atoms with Gasteiger partial charge in [0.1, 0.15) is 0 Å². The van der Waals surface area contributed by atoms with Crippen molar-refractivity contribution in [3.05, 3.63) is 97.8 Å². The van der Waals surface area contributed by atoms with Gasteiger partial charge in [-0.2, -0.15) is 0 Å². The fourth-order valence-corrected chi connectivity index (χ4v) is 4.91. The van der Waals surface area contributed by atoms with E-state index in [1.165, 1.54) is 109 Å².